The molecule has 0 heterocycles. The number of carbonyl (C=O) groups excluding carboxylic acids is 2. The van der Waals surface area contributed by atoms with Crippen LogP contribution in [0.3, 0.4) is 0 Å². The highest BCUT2D eigenvalue weighted by Gasteiger charge is 2.15. The Labute approximate surface area is 133 Å². The van der Waals surface area contributed by atoms with Gasteiger partial charge in [0.2, 0.25) is 0 Å². The van der Waals surface area contributed by atoms with Crippen molar-refractivity contribution in [3.63, 3.8) is 0 Å². The topological polar surface area (TPSA) is 129 Å². The summed E-state index contributed by atoms with van der Waals surface area (Å²) in [5.41, 5.74) is 9.48. The molecule has 0 aromatic heterocycles. The van der Waals surface area contributed by atoms with E-state index in [2.05, 4.69) is 10.6 Å². The molecule has 0 saturated carbocycles. The van der Waals surface area contributed by atoms with Crippen molar-refractivity contribution in [1.29, 1.82) is 0 Å². The van der Waals surface area contributed by atoms with Gasteiger partial charge in [0.25, 0.3) is 0 Å². The van der Waals surface area contributed by atoms with Crippen molar-refractivity contribution in [3.8, 4) is 0 Å². The van der Waals surface area contributed by atoms with Crippen molar-refractivity contribution in [2.75, 3.05) is 26.2 Å². The second kappa shape index (κ2) is 11.1. The molecule has 0 radical (unpaired) electrons. The van der Waals surface area contributed by atoms with Gasteiger partial charge in [-0.1, -0.05) is 0 Å². The number of nitrogens with one attached hydrogen (secondary N) is 2. The molecule has 0 rings (SSSR count). The van der Waals surface area contributed by atoms with E-state index in [9.17, 15) is 9.59 Å². The maximum atomic E-state index is 10.8. The smallest absolute Gasteiger partial charge is 0.407 e. The van der Waals surface area contributed by atoms with Crippen molar-refractivity contribution in [3.05, 3.63) is 0 Å². The largest absolute Gasteiger partial charge is 0.444 e. The lowest BCUT2D eigenvalue weighted by atomic mass is 10.2. The highest BCUT2D eigenvalue weighted by atomic mass is 16.6. The number of hydrogen-bond acceptors (Lipinski definition) is 6. The van der Waals surface area contributed by atoms with E-state index in [0.717, 1.165) is 0 Å². The Morgan fingerprint density at radius 1 is 0.773 bits per heavy atom. The van der Waals surface area contributed by atoms with Crippen LogP contribution in [0.2, 0.25) is 0 Å². The molecule has 0 aromatic carbocycles. The molecule has 0 spiro atoms. The summed E-state index contributed by atoms with van der Waals surface area (Å²) in [6.45, 7) is 12.7. The van der Waals surface area contributed by atoms with Gasteiger partial charge in [-0.05, 0) is 41.5 Å². The van der Waals surface area contributed by atoms with Gasteiger partial charge in [0, 0.05) is 26.2 Å². The van der Waals surface area contributed by atoms with Gasteiger partial charge in [-0.3, -0.25) is 0 Å². The number of amides is 2. The predicted octanol–water partition coefficient (Wildman–Crippen LogP) is 0.940. The molecule has 0 aliphatic rings. The summed E-state index contributed by atoms with van der Waals surface area (Å²) in [5.74, 6) is 0. The Kier molecular flexibility index (Phi) is 11.5. The molecule has 8 heteroatoms. The average Bonchev–Trinajstić information content (AvgIpc) is 2.30. The fourth-order valence-electron chi connectivity index (χ4n) is 0.977. The molecular formula is C14H32N4O4. The Morgan fingerprint density at radius 2 is 1.05 bits per heavy atom. The fourth-order valence-corrected chi connectivity index (χ4v) is 0.977. The first-order chi connectivity index (χ1) is 9.91. The van der Waals surface area contributed by atoms with E-state index in [1.807, 2.05) is 41.5 Å². The van der Waals surface area contributed by atoms with E-state index >= 15 is 0 Å². The first-order valence-corrected chi connectivity index (χ1v) is 7.25. The van der Waals surface area contributed by atoms with Crippen molar-refractivity contribution in [2.45, 2.75) is 52.7 Å². The van der Waals surface area contributed by atoms with Crippen LogP contribution in [-0.2, 0) is 9.47 Å². The lowest BCUT2D eigenvalue weighted by molar-refractivity contribution is 0.0518. The van der Waals surface area contributed by atoms with E-state index in [-0.39, 0.29) is 0 Å². The number of nitrogens with two attached hydrogens (primary N) is 2. The highest BCUT2D eigenvalue weighted by Crippen LogP contribution is 2.06. The summed E-state index contributed by atoms with van der Waals surface area (Å²) in [6, 6.07) is 0. The molecule has 132 valence electrons. The Balaban J connectivity index is 0. The van der Waals surface area contributed by atoms with Gasteiger partial charge in [-0.15, -0.1) is 0 Å². The SMILES string of the molecule is CC(C)(C)OC(=O)NCCN.CC(C)(C)OC(=O)NCCN. The van der Waals surface area contributed by atoms with E-state index in [0.29, 0.717) is 26.2 Å². The third-order valence-corrected chi connectivity index (χ3v) is 1.63. The van der Waals surface area contributed by atoms with Gasteiger partial charge in [0.1, 0.15) is 11.2 Å². The van der Waals surface area contributed by atoms with E-state index in [1.165, 1.54) is 0 Å². The van der Waals surface area contributed by atoms with Crippen molar-refractivity contribution in [2.24, 2.45) is 11.5 Å². The quantitative estimate of drug-likeness (QED) is 0.610. The maximum Gasteiger partial charge on any atom is 0.407 e. The Morgan fingerprint density at radius 3 is 1.23 bits per heavy atom. The molecule has 0 aliphatic heterocycles. The van der Waals surface area contributed by atoms with Gasteiger partial charge < -0.3 is 31.6 Å². The van der Waals surface area contributed by atoms with Crippen LogP contribution in [0.4, 0.5) is 9.59 Å². The zero-order chi connectivity index (χ0) is 17.8. The summed E-state index contributed by atoms with van der Waals surface area (Å²) in [4.78, 5) is 21.7. The lowest BCUT2D eigenvalue weighted by Crippen LogP contribution is -2.35. The van der Waals surface area contributed by atoms with Crippen LogP contribution in [0.5, 0.6) is 0 Å². The molecule has 22 heavy (non-hydrogen) atoms. The summed E-state index contributed by atoms with van der Waals surface area (Å²) in [6.07, 6.45) is -0.828. The number of hydrogen-bond donors (Lipinski definition) is 4. The number of alkyl carbamates (subject to hydrolysis) is 2. The van der Waals surface area contributed by atoms with Crippen molar-refractivity contribution in [1.82, 2.24) is 10.6 Å². The van der Waals surface area contributed by atoms with E-state index < -0.39 is 23.4 Å². The first kappa shape index (κ1) is 22.7. The van der Waals surface area contributed by atoms with Crippen LogP contribution in [0.25, 0.3) is 0 Å². The van der Waals surface area contributed by atoms with Crippen LogP contribution in [-0.4, -0.2) is 49.6 Å². The highest BCUT2D eigenvalue weighted by molar-refractivity contribution is 5.67. The maximum absolute atomic E-state index is 10.8. The van der Waals surface area contributed by atoms with Crippen LogP contribution >= 0.6 is 0 Å². The van der Waals surface area contributed by atoms with Crippen LogP contribution in [0.15, 0.2) is 0 Å². The van der Waals surface area contributed by atoms with Crippen LogP contribution in [0, 0.1) is 0 Å². The fraction of sp³-hybridized carbons (Fsp3) is 0.857. The molecule has 0 bridgehead atoms. The molecule has 0 saturated heterocycles. The second-order valence-electron chi connectivity index (χ2n) is 6.43. The molecule has 8 nitrogen and oxygen atoms in total. The standard InChI is InChI=1S/2C7H16N2O2/c2*1-7(2,3)11-6(10)9-5-4-8/h2*4-5,8H2,1-3H3,(H,9,10). The predicted molar refractivity (Wildman–Crippen MR) is 86.6 cm³/mol. The average molecular weight is 320 g/mol. The van der Waals surface area contributed by atoms with Gasteiger partial charge in [-0.25, -0.2) is 9.59 Å². The summed E-state index contributed by atoms with van der Waals surface area (Å²) in [7, 11) is 0. The molecule has 0 atom stereocenters. The van der Waals surface area contributed by atoms with Crippen molar-refractivity contribution < 1.29 is 19.1 Å². The molecule has 0 aromatic rings. The molecule has 6 N–H and O–H groups in total. The monoisotopic (exact) mass is 320 g/mol. The summed E-state index contributed by atoms with van der Waals surface area (Å²) < 4.78 is 9.87. The first-order valence-electron chi connectivity index (χ1n) is 7.25. The summed E-state index contributed by atoms with van der Waals surface area (Å²) >= 11 is 0. The zero-order valence-electron chi connectivity index (χ0n) is 14.6. The minimum absolute atomic E-state index is 0.414. The molecule has 0 fully saturated rings. The summed E-state index contributed by atoms with van der Waals surface area (Å²) in [5, 5.41) is 5.01. The second-order valence-corrected chi connectivity index (χ2v) is 6.43. The van der Waals surface area contributed by atoms with Crippen molar-refractivity contribution >= 4 is 12.2 Å². The van der Waals surface area contributed by atoms with Gasteiger partial charge in [-0.2, -0.15) is 0 Å². The zero-order valence-corrected chi connectivity index (χ0v) is 14.6. The Hall–Kier alpha value is -1.54. The molecule has 0 aliphatic carbocycles. The van der Waals surface area contributed by atoms with Gasteiger partial charge in [0.05, 0.1) is 0 Å². The van der Waals surface area contributed by atoms with Gasteiger partial charge >= 0.3 is 12.2 Å². The molecule has 2 amide bonds. The van der Waals surface area contributed by atoms with Crippen LogP contribution in [0.1, 0.15) is 41.5 Å². The van der Waals surface area contributed by atoms with Gasteiger partial charge in [0.15, 0.2) is 0 Å². The lowest BCUT2D eigenvalue weighted by Gasteiger charge is -2.19. The third kappa shape index (κ3) is 20.8. The van der Waals surface area contributed by atoms with E-state index in [4.69, 9.17) is 20.9 Å². The molecular weight excluding hydrogens is 288 g/mol. The van der Waals surface area contributed by atoms with Crippen LogP contribution < -0.4 is 22.1 Å². The number of ether oxygens (including phenoxy) is 2. The minimum Gasteiger partial charge on any atom is -0.444 e. The number of rotatable bonds is 4. The number of carbonyl (C=O) groups is 2. The Bertz CT molecular complexity index is 290. The molecule has 0 unspecified atom stereocenters. The minimum atomic E-state index is -0.432. The van der Waals surface area contributed by atoms with E-state index in [1.54, 1.807) is 0 Å². The third-order valence-electron chi connectivity index (χ3n) is 1.63. The normalized spacial score (nSPS) is 10.9.